The SMILES string of the molecule is Cc1nccc(C(C)N(C(C)C)C(C)C)c1C(N)=O. The average Bonchev–Trinajstić information content (AvgIpc) is 2.26. The van der Waals surface area contributed by atoms with Gasteiger partial charge in [-0.15, -0.1) is 0 Å². The summed E-state index contributed by atoms with van der Waals surface area (Å²) in [5, 5.41) is 0. The summed E-state index contributed by atoms with van der Waals surface area (Å²) in [6.45, 7) is 12.6. The first-order valence-corrected chi connectivity index (χ1v) is 6.80. The lowest BCUT2D eigenvalue weighted by atomic mass is 9.97. The molecule has 0 spiro atoms. The minimum absolute atomic E-state index is 0.129. The Hall–Kier alpha value is -1.42. The smallest absolute Gasteiger partial charge is 0.250 e. The molecule has 0 bridgehead atoms. The molecule has 1 atom stereocenters. The number of hydrogen-bond acceptors (Lipinski definition) is 3. The second-order valence-corrected chi connectivity index (χ2v) is 5.54. The molecule has 1 aromatic heterocycles. The number of pyridine rings is 1. The Kier molecular flexibility index (Phi) is 5.06. The van der Waals surface area contributed by atoms with Crippen LogP contribution in [0.2, 0.25) is 0 Å². The Morgan fingerprint density at radius 3 is 2.16 bits per heavy atom. The number of carbonyl (C=O) groups is 1. The largest absolute Gasteiger partial charge is 0.366 e. The third kappa shape index (κ3) is 3.32. The highest BCUT2D eigenvalue weighted by Crippen LogP contribution is 2.28. The van der Waals surface area contributed by atoms with Crippen LogP contribution in [0.15, 0.2) is 12.3 Å². The van der Waals surface area contributed by atoms with Crippen molar-refractivity contribution in [3.8, 4) is 0 Å². The van der Waals surface area contributed by atoms with Crippen LogP contribution in [0.4, 0.5) is 0 Å². The van der Waals surface area contributed by atoms with Gasteiger partial charge in [-0.05, 0) is 53.2 Å². The Morgan fingerprint density at radius 2 is 1.74 bits per heavy atom. The molecule has 19 heavy (non-hydrogen) atoms. The Morgan fingerprint density at radius 1 is 1.21 bits per heavy atom. The summed E-state index contributed by atoms with van der Waals surface area (Å²) in [6, 6.07) is 2.81. The van der Waals surface area contributed by atoms with Gasteiger partial charge in [0.05, 0.1) is 11.3 Å². The number of rotatable bonds is 5. The lowest BCUT2D eigenvalue weighted by Crippen LogP contribution is -2.39. The summed E-state index contributed by atoms with van der Waals surface area (Å²) in [6.07, 6.45) is 1.74. The van der Waals surface area contributed by atoms with E-state index in [1.807, 2.05) is 13.0 Å². The van der Waals surface area contributed by atoms with Gasteiger partial charge in [-0.3, -0.25) is 14.7 Å². The number of carbonyl (C=O) groups excluding carboxylic acids is 1. The molecule has 0 saturated carbocycles. The van der Waals surface area contributed by atoms with E-state index in [1.54, 1.807) is 6.20 Å². The first kappa shape index (κ1) is 15.6. The van der Waals surface area contributed by atoms with Gasteiger partial charge in [-0.1, -0.05) is 0 Å². The molecule has 0 fully saturated rings. The lowest BCUT2D eigenvalue weighted by molar-refractivity contribution is 0.0983. The topological polar surface area (TPSA) is 59.2 Å². The van der Waals surface area contributed by atoms with Crippen LogP contribution >= 0.6 is 0 Å². The van der Waals surface area contributed by atoms with Crippen LogP contribution in [0, 0.1) is 6.92 Å². The van der Waals surface area contributed by atoms with Gasteiger partial charge in [0.25, 0.3) is 5.91 Å². The summed E-state index contributed by atoms with van der Waals surface area (Å²) in [5.74, 6) is -0.403. The van der Waals surface area contributed by atoms with E-state index in [2.05, 4.69) is 44.5 Å². The molecule has 1 rings (SSSR count). The third-order valence-corrected chi connectivity index (χ3v) is 3.51. The van der Waals surface area contributed by atoms with Gasteiger partial charge >= 0.3 is 0 Å². The van der Waals surface area contributed by atoms with Crippen molar-refractivity contribution < 1.29 is 4.79 Å². The number of hydrogen-bond donors (Lipinski definition) is 1. The highest BCUT2D eigenvalue weighted by atomic mass is 16.1. The zero-order valence-corrected chi connectivity index (χ0v) is 12.8. The van der Waals surface area contributed by atoms with Crippen LogP contribution in [0.5, 0.6) is 0 Å². The van der Waals surface area contributed by atoms with E-state index in [4.69, 9.17) is 5.73 Å². The summed E-state index contributed by atoms with van der Waals surface area (Å²) >= 11 is 0. The molecular formula is C15H25N3O. The summed E-state index contributed by atoms with van der Waals surface area (Å²) in [5.41, 5.74) is 7.72. The molecule has 0 radical (unpaired) electrons. The van der Waals surface area contributed by atoms with Crippen molar-refractivity contribution in [1.29, 1.82) is 0 Å². The van der Waals surface area contributed by atoms with Crippen molar-refractivity contribution in [3.63, 3.8) is 0 Å². The first-order valence-electron chi connectivity index (χ1n) is 6.80. The number of aromatic nitrogens is 1. The van der Waals surface area contributed by atoms with Crippen LogP contribution in [-0.4, -0.2) is 27.9 Å². The molecule has 0 aliphatic rings. The second kappa shape index (κ2) is 6.15. The fourth-order valence-electron chi connectivity index (χ4n) is 2.91. The predicted molar refractivity (Wildman–Crippen MR) is 78.0 cm³/mol. The summed E-state index contributed by atoms with van der Waals surface area (Å²) in [7, 11) is 0. The van der Waals surface area contributed by atoms with Crippen LogP contribution in [-0.2, 0) is 0 Å². The summed E-state index contributed by atoms with van der Waals surface area (Å²) in [4.78, 5) is 18.2. The average molecular weight is 263 g/mol. The van der Waals surface area contributed by atoms with Crippen molar-refractivity contribution >= 4 is 5.91 Å². The third-order valence-electron chi connectivity index (χ3n) is 3.51. The van der Waals surface area contributed by atoms with Crippen LogP contribution in [0.3, 0.4) is 0 Å². The van der Waals surface area contributed by atoms with Gasteiger partial charge in [0.1, 0.15) is 0 Å². The van der Waals surface area contributed by atoms with Gasteiger partial charge in [-0.25, -0.2) is 0 Å². The molecule has 0 aliphatic heterocycles. The molecule has 1 heterocycles. The van der Waals surface area contributed by atoms with E-state index in [-0.39, 0.29) is 6.04 Å². The van der Waals surface area contributed by atoms with Gasteiger partial charge < -0.3 is 5.73 Å². The highest BCUT2D eigenvalue weighted by molar-refractivity contribution is 5.95. The van der Waals surface area contributed by atoms with Gasteiger partial charge in [0.15, 0.2) is 0 Å². The Labute approximate surface area is 116 Å². The van der Waals surface area contributed by atoms with E-state index in [0.29, 0.717) is 23.3 Å². The van der Waals surface area contributed by atoms with E-state index >= 15 is 0 Å². The highest BCUT2D eigenvalue weighted by Gasteiger charge is 2.25. The predicted octanol–water partition coefficient (Wildman–Crippen LogP) is 2.67. The molecule has 4 nitrogen and oxygen atoms in total. The van der Waals surface area contributed by atoms with E-state index in [0.717, 1.165) is 5.56 Å². The maximum atomic E-state index is 11.7. The molecule has 106 valence electrons. The van der Waals surface area contributed by atoms with Gasteiger partial charge in [0.2, 0.25) is 0 Å². The lowest BCUT2D eigenvalue weighted by Gasteiger charge is -2.37. The molecular weight excluding hydrogens is 238 g/mol. The first-order chi connectivity index (χ1) is 8.77. The molecule has 1 amide bonds. The fourth-order valence-corrected chi connectivity index (χ4v) is 2.91. The second-order valence-electron chi connectivity index (χ2n) is 5.54. The van der Waals surface area contributed by atoms with Crippen LogP contribution in [0.25, 0.3) is 0 Å². The Bertz CT molecular complexity index is 447. The minimum Gasteiger partial charge on any atom is -0.366 e. The number of aryl methyl sites for hydroxylation is 1. The maximum absolute atomic E-state index is 11.7. The molecule has 0 saturated heterocycles. The monoisotopic (exact) mass is 263 g/mol. The normalized spacial score (nSPS) is 13.3. The van der Waals surface area contributed by atoms with Crippen molar-refractivity contribution in [2.45, 2.75) is 59.7 Å². The number of nitrogens with zero attached hydrogens (tertiary/aromatic N) is 2. The fraction of sp³-hybridized carbons (Fsp3) is 0.600. The van der Waals surface area contributed by atoms with E-state index < -0.39 is 5.91 Å². The van der Waals surface area contributed by atoms with E-state index in [9.17, 15) is 4.79 Å². The molecule has 1 unspecified atom stereocenters. The Balaban J connectivity index is 3.29. The van der Waals surface area contributed by atoms with Gasteiger partial charge in [0, 0.05) is 24.3 Å². The zero-order chi connectivity index (χ0) is 14.7. The maximum Gasteiger partial charge on any atom is 0.250 e. The van der Waals surface area contributed by atoms with Crippen LogP contribution < -0.4 is 5.73 Å². The molecule has 4 heteroatoms. The number of amides is 1. The quantitative estimate of drug-likeness (QED) is 0.888. The minimum atomic E-state index is -0.403. The van der Waals surface area contributed by atoms with Gasteiger partial charge in [-0.2, -0.15) is 0 Å². The number of nitrogens with two attached hydrogens (primary N) is 1. The standard InChI is InChI=1S/C15H25N3O/c1-9(2)18(10(3)4)12(6)13-7-8-17-11(5)14(13)15(16)19/h7-10,12H,1-6H3,(H2,16,19). The van der Waals surface area contributed by atoms with Crippen molar-refractivity contribution in [2.75, 3.05) is 0 Å². The summed E-state index contributed by atoms with van der Waals surface area (Å²) < 4.78 is 0. The molecule has 0 aliphatic carbocycles. The van der Waals surface area contributed by atoms with Crippen molar-refractivity contribution in [2.24, 2.45) is 5.73 Å². The zero-order valence-electron chi connectivity index (χ0n) is 12.8. The van der Waals surface area contributed by atoms with Crippen molar-refractivity contribution in [3.05, 3.63) is 29.1 Å². The molecule has 1 aromatic rings. The molecule has 0 aromatic carbocycles. The van der Waals surface area contributed by atoms with Crippen LogP contribution in [0.1, 0.15) is 62.3 Å². The van der Waals surface area contributed by atoms with Crippen molar-refractivity contribution in [1.82, 2.24) is 9.88 Å². The number of primary amides is 1. The molecule has 2 N–H and O–H groups in total. The van der Waals surface area contributed by atoms with E-state index in [1.165, 1.54) is 0 Å².